The Kier molecular flexibility index (Phi) is 3.16. The van der Waals surface area contributed by atoms with E-state index >= 15 is 0 Å². The number of nitriles is 1. The lowest BCUT2D eigenvalue weighted by Gasteiger charge is -2.20. The summed E-state index contributed by atoms with van der Waals surface area (Å²) < 4.78 is 0. The van der Waals surface area contributed by atoms with Crippen molar-refractivity contribution in [2.45, 2.75) is 19.4 Å². The van der Waals surface area contributed by atoms with Crippen LogP contribution in [0.4, 0.5) is 11.5 Å². The molecular weight excluding hydrogens is 216 g/mol. The van der Waals surface area contributed by atoms with Crippen LogP contribution in [-0.4, -0.2) is 29.3 Å². The summed E-state index contributed by atoms with van der Waals surface area (Å²) in [7, 11) is 0. The molecule has 2 atom stereocenters. The molecule has 5 nitrogen and oxygen atoms in total. The molecule has 1 aliphatic rings. The van der Waals surface area contributed by atoms with Crippen LogP contribution >= 0.6 is 0 Å². The summed E-state index contributed by atoms with van der Waals surface area (Å²) in [5, 5.41) is 18.3. The quantitative estimate of drug-likeness (QED) is 0.785. The molecule has 2 unspecified atom stereocenters. The zero-order valence-electron chi connectivity index (χ0n) is 9.80. The highest BCUT2D eigenvalue weighted by Gasteiger charge is 2.27. The first kappa shape index (κ1) is 11.7. The van der Waals surface area contributed by atoms with Crippen LogP contribution in [0, 0.1) is 17.2 Å². The molecule has 5 heteroatoms. The number of anilines is 2. The van der Waals surface area contributed by atoms with Crippen LogP contribution in [-0.2, 0) is 0 Å². The maximum absolute atomic E-state index is 9.55. The second-order valence-electron chi connectivity index (χ2n) is 4.48. The Labute approximate surface area is 100 Å². The van der Waals surface area contributed by atoms with Crippen molar-refractivity contribution in [3.63, 3.8) is 0 Å². The lowest BCUT2D eigenvalue weighted by Crippen LogP contribution is -2.25. The van der Waals surface area contributed by atoms with E-state index in [9.17, 15) is 5.11 Å². The standard InChI is InChI=1S/C12H16N4O/c1-8(17)10-2-3-16(7-10)12-11(14)4-9(5-13)6-15-12/h4,6,8,10,17H,2-3,7,14H2,1H3. The van der Waals surface area contributed by atoms with Gasteiger partial charge >= 0.3 is 0 Å². The third-order valence-corrected chi connectivity index (χ3v) is 3.23. The lowest BCUT2D eigenvalue weighted by molar-refractivity contribution is 0.136. The summed E-state index contributed by atoms with van der Waals surface area (Å²) in [6.45, 7) is 3.42. The van der Waals surface area contributed by atoms with Crippen LogP contribution in [0.3, 0.4) is 0 Å². The minimum atomic E-state index is -0.306. The van der Waals surface area contributed by atoms with Gasteiger partial charge < -0.3 is 15.7 Å². The molecule has 0 spiro atoms. The Bertz CT molecular complexity index is 452. The van der Waals surface area contributed by atoms with Gasteiger partial charge in [0.25, 0.3) is 0 Å². The van der Waals surface area contributed by atoms with Gasteiger partial charge in [0, 0.05) is 25.2 Å². The van der Waals surface area contributed by atoms with Crippen molar-refractivity contribution >= 4 is 11.5 Å². The van der Waals surface area contributed by atoms with Gasteiger partial charge in [0.1, 0.15) is 6.07 Å². The molecule has 2 rings (SSSR count). The van der Waals surface area contributed by atoms with Crippen LogP contribution in [0.15, 0.2) is 12.3 Å². The minimum Gasteiger partial charge on any atom is -0.396 e. The molecule has 1 aromatic heterocycles. The average Bonchev–Trinajstić information content (AvgIpc) is 2.78. The van der Waals surface area contributed by atoms with Gasteiger partial charge in [-0.2, -0.15) is 5.26 Å². The highest BCUT2D eigenvalue weighted by Crippen LogP contribution is 2.28. The van der Waals surface area contributed by atoms with Crippen LogP contribution in [0.25, 0.3) is 0 Å². The third kappa shape index (κ3) is 2.32. The summed E-state index contributed by atoms with van der Waals surface area (Å²) >= 11 is 0. The first-order chi connectivity index (χ1) is 8.11. The van der Waals surface area contributed by atoms with Gasteiger partial charge in [0.15, 0.2) is 5.82 Å². The van der Waals surface area contributed by atoms with Crippen molar-refractivity contribution in [3.8, 4) is 6.07 Å². The Morgan fingerprint density at radius 1 is 1.71 bits per heavy atom. The van der Waals surface area contributed by atoms with Crippen molar-refractivity contribution in [3.05, 3.63) is 17.8 Å². The molecular formula is C12H16N4O. The molecule has 0 aromatic carbocycles. The number of hydrogen-bond donors (Lipinski definition) is 2. The number of nitrogens with two attached hydrogens (primary N) is 1. The fourth-order valence-corrected chi connectivity index (χ4v) is 2.17. The van der Waals surface area contributed by atoms with E-state index in [-0.39, 0.29) is 12.0 Å². The van der Waals surface area contributed by atoms with E-state index in [2.05, 4.69) is 9.88 Å². The smallest absolute Gasteiger partial charge is 0.151 e. The van der Waals surface area contributed by atoms with Crippen LogP contribution in [0.2, 0.25) is 0 Å². The Hall–Kier alpha value is -1.80. The minimum absolute atomic E-state index is 0.270. The second kappa shape index (κ2) is 4.60. The van der Waals surface area contributed by atoms with Gasteiger partial charge in [-0.3, -0.25) is 0 Å². The SMILES string of the molecule is CC(O)C1CCN(c2ncc(C#N)cc2N)C1. The monoisotopic (exact) mass is 232 g/mol. The van der Waals surface area contributed by atoms with E-state index in [1.807, 2.05) is 13.0 Å². The number of rotatable bonds is 2. The number of pyridine rings is 1. The molecule has 3 N–H and O–H groups in total. The molecule has 0 radical (unpaired) electrons. The summed E-state index contributed by atoms with van der Waals surface area (Å²) in [5.41, 5.74) is 6.87. The molecule has 1 aliphatic heterocycles. The predicted molar refractivity (Wildman–Crippen MR) is 65.4 cm³/mol. The van der Waals surface area contributed by atoms with Gasteiger partial charge in [-0.1, -0.05) is 0 Å². The van der Waals surface area contributed by atoms with E-state index < -0.39 is 0 Å². The summed E-state index contributed by atoms with van der Waals surface area (Å²) in [5.74, 6) is 0.985. The zero-order chi connectivity index (χ0) is 12.4. The first-order valence-corrected chi connectivity index (χ1v) is 5.70. The number of aliphatic hydroxyl groups excluding tert-OH is 1. The van der Waals surface area contributed by atoms with Crippen molar-refractivity contribution in [1.82, 2.24) is 4.98 Å². The highest BCUT2D eigenvalue weighted by molar-refractivity contribution is 5.64. The summed E-state index contributed by atoms with van der Waals surface area (Å²) in [6.07, 6.45) is 2.17. The van der Waals surface area contributed by atoms with Gasteiger partial charge in [-0.25, -0.2) is 4.98 Å². The van der Waals surface area contributed by atoms with Gasteiger partial charge in [0.2, 0.25) is 0 Å². The fraction of sp³-hybridized carbons (Fsp3) is 0.500. The Morgan fingerprint density at radius 3 is 3.00 bits per heavy atom. The maximum Gasteiger partial charge on any atom is 0.151 e. The molecule has 0 saturated carbocycles. The van der Waals surface area contributed by atoms with Crippen molar-refractivity contribution in [2.75, 3.05) is 23.7 Å². The Balaban J connectivity index is 2.17. The predicted octanol–water partition coefficient (Wildman–Crippen LogP) is 0.743. The van der Waals surface area contributed by atoms with Gasteiger partial charge in [-0.05, 0) is 19.4 Å². The molecule has 17 heavy (non-hydrogen) atoms. The van der Waals surface area contributed by atoms with E-state index in [0.717, 1.165) is 19.5 Å². The molecule has 90 valence electrons. The average molecular weight is 232 g/mol. The first-order valence-electron chi connectivity index (χ1n) is 5.70. The van der Waals surface area contributed by atoms with E-state index in [1.54, 1.807) is 6.07 Å². The number of aromatic nitrogens is 1. The number of aliphatic hydroxyl groups is 1. The van der Waals surface area contributed by atoms with Gasteiger partial charge in [0.05, 0.1) is 17.4 Å². The molecule has 1 aromatic rings. The number of hydrogen-bond acceptors (Lipinski definition) is 5. The van der Waals surface area contributed by atoms with Crippen molar-refractivity contribution in [1.29, 1.82) is 5.26 Å². The fourth-order valence-electron chi connectivity index (χ4n) is 2.17. The maximum atomic E-state index is 9.55. The highest BCUT2D eigenvalue weighted by atomic mass is 16.3. The van der Waals surface area contributed by atoms with E-state index in [0.29, 0.717) is 17.1 Å². The molecule has 2 heterocycles. The topological polar surface area (TPSA) is 86.2 Å². The summed E-state index contributed by atoms with van der Waals surface area (Å²) in [4.78, 5) is 6.29. The zero-order valence-corrected chi connectivity index (χ0v) is 9.80. The van der Waals surface area contributed by atoms with Crippen molar-refractivity contribution < 1.29 is 5.11 Å². The third-order valence-electron chi connectivity index (χ3n) is 3.23. The Morgan fingerprint density at radius 2 is 2.47 bits per heavy atom. The number of nitrogen functional groups attached to an aromatic ring is 1. The second-order valence-corrected chi connectivity index (χ2v) is 4.48. The van der Waals surface area contributed by atoms with E-state index in [1.165, 1.54) is 6.20 Å². The molecule has 0 amide bonds. The van der Waals surface area contributed by atoms with Gasteiger partial charge in [-0.15, -0.1) is 0 Å². The van der Waals surface area contributed by atoms with Crippen LogP contribution in [0.1, 0.15) is 18.9 Å². The summed E-state index contributed by atoms with van der Waals surface area (Å²) in [6, 6.07) is 3.65. The van der Waals surface area contributed by atoms with Crippen molar-refractivity contribution in [2.24, 2.45) is 5.92 Å². The normalized spacial score (nSPS) is 21.2. The molecule has 0 bridgehead atoms. The largest absolute Gasteiger partial charge is 0.396 e. The van der Waals surface area contributed by atoms with E-state index in [4.69, 9.17) is 11.0 Å². The molecule has 1 fully saturated rings. The molecule has 1 saturated heterocycles. The molecule has 0 aliphatic carbocycles. The number of nitrogens with zero attached hydrogens (tertiary/aromatic N) is 3. The lowest BCUT2D eigenvalue weighted by atomic mass is 10.0. The van der Waals surface area contributed by atoms with Crippen LogP contribution in [0.5, 0.6) is 0 Å². The van der Waals surface area contributed by atoms with Crippen LogP contribution < -0.4 is 10.6 Å².